The van der Waals surface area contributed by atoms with Gasteiger partial charge in [0.15, 0.2) is 11.5 Å². The number of anilines is 1. The number of urea groups is 1. The van der Waals surface area contributed by atoms with Gasteiger partial charge >= 0.3 is 6.03 Å². The van der Waals surface area contributed by atoms with Gasteiger partial charge in [0, 0.05) is 24.0 Å². The molecule has 29 heavy (non-hydrogen) atoms. The van der Waals surface area contributed by atoms with Crippen LogP contribution in [-0.4, -0.2) is 26.5 Å². The van der Waals surface area contributed by atoms with Gasteiger partial charge in [-0.05, 0) is 29.8 Å². The summed E-state index contributed by atoms with van der Waals surface area (Å²) in [6, 6.07) is 19.6. The quantitative estimate of drug-likeness (QED) is 0.489. The first-order valence-electron chi connectivity index (χ1n) is 8.94. The largest absolute Gasteiger partial charge is 0.351 e. The lowest BCUT2D eigenvalue weighted by molar-refractivity contribution is 0.0950. The zero-order valence-corrected chi connectivity index (χ0v) is 15.4. The molecule has 0 aliphatic heterocycles. The number of nitrogens with zero attached hydrogens (tertiary/aromatic N) is 3. The Hall–Kier alpha value is -4.20. The minimum atomic E-state index is -0.636. The summed E-state index contributed by atoms with van der Waals surface area (Å²) in [4.78, 5) is 23.6. The van der Waals surface area contributed by atoms with Crippen LogP contribution in [0.3, 0.4) is 0 Å². The molecule has 0 aliphatic carbocycles. The SMILES string of the molecule is NC(=O)Nc1cccc(CNC(=O)c2ccc3nnc(-c4ccccc4)n3c2)c1. The summed E-state index contributed by atoms with van der Waals surface area (Å²) in [5.74, 6) is 0.438. The van der Waals surface area contributed by atoms with Gasteiger partial charge in [0.1, 0.15) is 0 Å². The van der Waals surface area contributed by atoms with Crippen molar-refractivity contribution in [1.29, 1.82) is 0 Å². The maximum absolute atomic E-state index is 12.6. The molecule has 0 saturated carbocycles. The smallest absolute Gasteiger partial charge is 0.316 e. The zero-order chi connectivity index (χ0) is 20.2. The molecule has 8 nitrogen and oxygen atoms in total. The van der Waals surface area contributed by atoms with Crippen molar-refractivity contribution in [3.8, 4) is 11.4 Å². The Morgan fingerprint density at radius 2 is 1.79 bits per heavy atom. The standard InChI is InChI=1S/C21H18N6O2/c22-21(29)24-17-8-4-5-14(11-17)12-23-20(28)16-9-10-18-25-26-19(27(18)13-16)15-6-2-1-3-7-15/h1-11,13H,12H2,(H,23,28)(H3,22,24,29). The molecule has 0 fully saturated rings. The Morgan fingerprint density at radius 3 is 2.59 bits per heavy atom. The van der Waals surface area contributed by atoms with Crippen LogP contribution in [0.1, 0.15) is 15.9 Å². The van der Waals surface area contributed by atoms with Crippen molar-refractivity contribution >= 4 is 23.3 Å². The van der Waals surface area contributed by atoms with Crippen molar-refractivity contribution in [1.82, 2.24) is 19.9 Å². The Bertz CT molecular complexity index is 1190. The van der Waals surface area contributed by atoms with Gasteiger partial charge in [-0.25, -0.2) is 4.79 Å². The topological polar surface area (TPSA) is 114 Å². The number of nitrogens with one attached hydrogen (secondary N) is 2. The average molecular weight is 386 g/mol. The fraction of sp³-hybridized carbons (Fsp3) is 0.0476. The van der Waals surface area contributed by atoms with Gasteiger partial charge in [0.05, 0.1) is 5.56 Å². The molecule has 8 heteroatoms. The van der Waals surface area contributed by atoms with Gasteiger partial charge in [-0.15, -0.1) is 10.2 Å². The Morgan fingerprint density at radius 1 is 0.966 bits per heavy atom. The lowest BCUT2D eigenvalue weighted by Gasteiger charge is -2.08. The highest BCUT2D eigenvalue weighted by molar-refractivity contribution is 5.94. The monoisotopic (exact) mass is 386 g/mol. The average Bonchev–Trinajstić information content (AvgIpc) is 3.16. The summed E-state index contributed by atoms with van der Waals surface area (Å²) in [6.45, 7) is 0.304. The first-order valence-corrected chi connectivity index (χ1v) is 8.94. The Balaban J connectivity index is 1.52. The number of carbonyl (C=O) groups is 2. The summed E-state index contributed by atoms with van der Waals surface area (Å²) in [6.07, 6.45) is 1.72. The zero-order valence-electron chi connectivity index (χ0n) is 15.4. The van der Waals surface area contributed by atoms with E-state index in [0.29, 0.717) is 29.3 Å². The van der Waals surface area contributed by atoms with Crippen molar-refractivity contribution in [3.63, 3.8) is 0 Å². The van der Waals surface area contributed by atoms with Crippen molar-refractivity contribution in [3.05, 3.63) is 84.1 Å². The summed E-state index contributed by atoms with van der Waals surface area (Å²) >= 11 is 0. The number of hydrogen-bond donors (Lipinski definition) is 3. The number of amides is 3. The second kappa shape index (κ2) is 7.81. The molecule has 2 heterocycles. The number of benzene rings is 2. The summed E-state index contributed by atoms with van der Waals surface area (Å²) in [5, 5.41) is 13.8. The van der Waals surface area contributed by atoms with E-state index in [2.05, 4.69) is 20.8 Å². The molecule has 0 unspecified atom stereocenters. The first kappa shape index (κ1) is 18.2. The molecule has 0 spiro atoms. The second-order valence-corrected chi connectivity index (χ2v) is 6.41. The molecule has 0 atom stereocenters. The van der Waals surface area contributed by atoms with E-state index < -0.39 is 6.03 Å². The maximum Gasteiger partial charge on any atom is 0.316 e. The molecular weight excluding hydrogens is 368 g/mol. The van der Waals surface area contributed by atoms with Crippen LogP contribution in [0, 0.1) is 0 Å². The molecule has 3 amide bonds. The highest BCUT2D eigenvalue weighted by Crippen LogP contribution is 2.18. The van der Waals surface area contributed by atoms with Gasteiger partial charge in [0.2, 0.25) is 0 Å². The summed E-state index contributed by atoms with van der Waals surface area (Å²) < 4.78 is 1.79. The van der Waals surface area contributed by atoms with Gasteiger partial charge in [-0.3, -0.25) is 9.20 Å². The van der Waals surface area contributed by atoms with Crippen molar-refractivity contribution in [2.75, 3.05) is 5.32 Å². The molecule has 0 saturated heterocycles. The van der Waals surface area contributed by atoms with Crippen LogP contribution < -0.4 is 16.4 Å². The van der Waals surface area contributed by atoms with Crippen LogP contribution in [0.25, 0.3) is 17.0 Å². The van der Waals surface area contributed by atoms with E-state index in [1.54, 1.807) is 40.9 Å². The van der Waals surface area contributed by atoms with E-state index in [-0.39, 0.29) is 5.91 Å². The number of fused-ring (bicyclic) bond motifs is 1. The predicted molar refractivity (Wildman–Crippen MR) is 109 cm³/mol. The number of rotatable bonds is 5. The molecule has 0 bridgehead atoms. The summed E-state index contributed by atoms with van der Waals surface area (Å²) in [7, 11) is 0. The lowest BCUT2D eigenvalue weighted by atomic mass is 10.2. The number of hydrogen-bond acceptors (Lipinski definition) is 4. The van der Waals surface area contributed by atoms with Crippen molar-refractivity contribution < 1.29 is 9.59 Å². The highest BCUT2D eigenvalue weighted by atomic mass is 16.2. The van der Waals surface area contributed by atoms with E-state index in [1.807, 2.05) is 36.4 Å². The second-order valence-electron chi connectivity index (χ2n) is 6.41. The third kappa shape index (κ3) is 4.06. The van der Waals surface area contributed by atoms with Crippen LogP contribution in [0.2, 0.25) is 0 Å². The predicted octanol–water partition coefficient (Wildman–Crippen LogP) is 2.82. The maximum atomic E-state index is 12.6. The van der Waals surface area contributed by atoms with Gasteiger partial charge in [-0.1, -0.05) is 42.5 Å². The van der Waals surface area contributed by atoms with Crippen LogP contribution >= 0.6 is 0 Å². The molecule has 2 aromatic heterocycles. The molecule has 144 valence electrons. The minimum absolute atomic E-state index is 0.229. The fourth-order valence-corrected chi connectivity index (χ4v) is 2.99. The van der Waals surface area contributed by atoms with Crippen LogP contribution in [0.15, 0.2) is 72.9 Å². The van der Waals surface area contributed by atoms with Crippen LogP contribution in [0.4, 0.5) is 10.5 Å². The van der Waals surface area contributed by atoms with E-state index in [0.717, 1.165) is 11.1 Å². The van der Waals surface area contributed by atoms with Crippen molar-refractivity contribution in [2.45, 2.75) is 6.54 Å². The van der Waals surface area contributed by atoms with Crippen LogP contribution in [-0.2, 0) is 6.54 Å². The number of pyridine rings is 1. The van der Waals surface area contributed by atoms with Crippen LogP contribution in [0.5, 0.6) is 0 Å². The fourth-order valence-electron chi connectivity index (χ4n) is 2.99. The van der Waals surface area contributed by atoms with Crippen molar-refractivity contribution in [2.24, 2.45) is 5.73 Å². The Labute approximate surface area is 166 Å². The number of aromatic nitrogens is 3. The van der Waals surface area contributed by atoms with Gasteiger partial charge in [-0.2, -0.15) is 0 Å². The molecule has 4 aromatic rings. The molecule has 4 N–H and O–H groups in total. The number of nitrogens with two attached hydrogens (primary N) is 1. The molecular formula is C21H18N6O2. The van der Waals surface area contributed by atoms with E-state index in [1.165, 1.54) is 0 Å². The van der Waals surface area contributed by atoms with Gasteiger partial charge < -0.3 is 16.4 Å². The summed E-state index contributed by atoms with van der Waals surface area (Å²) in [5.41, 5.74) is 8.59. The number of primary amides is 1. The number of carbonyl (C=O) groups excluding carboxylic acids is 2. The third-order valence-electron chi connectivity index (χ3n) is 4.34. The van der Waals surface area contributed by atoms with E-state index in [4.69, 9.17) is 5.73 Å². The minimum Gasteiger partial charge on any atom is -0.351 e. The molecule has 0 aliphatic rings. The van der Waals surface area contributed by atoms with E-state index in [9.17, 15) is 9.59 Å². The lowest BCUT2D eigenvalue weighted by Crippen LogP contribution is -2.23. The highest BCUT2D eigenvalue weighted by Gasteiger charge is 2.12. The van der Waals surface area contributed by atoms with E-state index >= 15 is 0 Å². The van der Waals surface area contributed by atoms with Gasteiger partial charge in [0.25, 0.3) is 5.91 Å². The molecule has 0 radical (unpaired) electrons. The molecule has 4 rings (SSSR count). The Kier molecular flexibility index (Phi) is 4.90. The molecule has 2 aromatic carbocycles. The first-order chi connectivity index (χ1) is 14.1. The third-order valence-corrected chi connectivity index (χ3v) is 4.34. The normalized spacial score (nSPS) is 10.6.